The number of esters is 1. The molecular formula is C17H14BrCl2NO4. The molecule has 0 fully saturated rings. The summed E-state index contributed by atoms with van der Waals surface area (Å²) in [7, 11) is 0. The van der Waals surface area contributed by atoms with E-state index in [0.29, 0.717) is 22.0 Å². The number of hydrogen-bond acceptors (Lipinski definition) is 4. The zero-order valence-corrected chi connectivity index (χ0v) is 16.2. The predicted octanol–water partition coefficient (Wildman–Crippen LogP) is 4.95. The van der Waals surface area contributed by atoms with Crippen molar-refractivity contribution < 1.29 is 19.1 Å². The minimum absolute atomic E-state index is 0.223. The second kappa shape index (κ2) is 9.08. The summed E-state index contributed by atoms with van der Waals surface area (Å²) in [5.74, 6) is -0.496. The smallest absolute Gasteiger partial charge is 0.338 e. The monoisotopic (exact) mass is 445 g/mol. The first-order valence-electron chi connectivity index (χ1n) is 7.25. The average molecular weight is 447 g/mol. The Balaban J connectivity index is 1.97. The summed E-state index contributed by atoms with van der Waals surface area (Å²) < 4.78 is 11.1. The van der Waals surface area contributed by atoms with Gasteiger partial charge in [-0.15, -0.1) is 0 Å². The number of hydrogen-bond donors (Lipinski definition) is 1. The molecule has 2 rings (SSSR count). The van der Waals surface area contributed by atoms with Crippen LogP contribution in [0.1, 0.15) is 17.3 Å². The molecule has 2 aromatic rings. The van der Waals surface area contributed by atoms with Gasteiger partial charge in [0.25, 0.3) is 5.91 Å². The molecule has 5 nitrogen and oxygen atoms in total. The normalized spacial score (nSPS) is 10.2. The number of carbonyl (C=O) groups is 2. The lowest BCUT2D eigenvalue weighted by Crippen LogP contribution is -2.20. The van der Waals surface area contributed by atoms with Gasteiger partial charge in [-0.1, -0.05) is 39.1 Å². The van der Waals surface area contributed by atoms with E-state index in [9.17, 15) is 9.59 Å². The Morgan fingerprint density at radius 1 is 1.12 bits per heavy atom. The van der Waals surface area contributed by atoms with Crippen LogP contribution in [0.2, 0.25) is 10.0 Å². The first kappa shape index (κ1) is 19.6. The van der Waals surface area contributed by atoms with Crippen LogP contribution in [0.25, 0.3) is 0 Å². The van der Waals surface area contributed by atoms with Crippen molar-refractivity contribution in [2.75, 3.05) is 18.5 Å². The third-order valence-corrected chi connectivity index (χ3v) is 4.11. The quantitative estimate of drug-likeness (QED) is 0.637. The topological polar surface area (TPSA) is 64.6 Å². The summed E-state index contributed by atoms with van der Waals surface area (Å²) in [6.45, 7) is 1.74. The van der Waals surface area contributed by atoms with Gasteiger partial charge in [0.2, 0.25) is 0 Å². The van der Waals surface area contributed by atoms with E-state index in [2.05, 4.69) is 21.2 Å². The van der Waals surface area contributed by atoms with Gasteiger partial charge in [0.15, 0.2) is 6.61 Å². The van der Waals surface area contributed by atoms with Crippen LogP contribution in [-0.2, 0) is 9.53 Å². The summed E-state index contributed by atoms with van der Waals surface area (Å²) in [6.07, 6.45) is 0. The molecule has 0 atom stereocenters. The average Bonchev–Trinajstić information content (AvgIpc) is 2.56. The van der Waals surface area contributed by atoms with Crippen molar-refractivity contribution in [1.29, 1.82) is 0 Å². The van der Waals surface area contributed by atoms with Crippen LogP contribution in [0.3, 0.4) is 0 Å². The summed E-state index contributed by atoms with van der Waals surface area (Å²) in [5.41, 5.74) is 0.674. The Labute approximate surface area is 163 Å². The molecule has 0 saturated heterocycles. The van der Waals surface area contributed by atoms with Gasteiger partial charge in [-0.05, 0) is 43.3 Å². The SMILES string of the molecule is CCOC(=O)c1ccc(NC(=O)COc2ccc(Br)cc2Cl)c(Cl)c1. The van der Waals surface area contributed by atoms with Crippen molar-refractivity contribution in [2.45, 2.75) is 6.92 Å². The van der Waals surface area contributed by atoms with Gasteiger partial charge >= 0.3 is 5.97 Å². The van der Waals surface area contributed by atoms with Crippen LogP contribution in [0.4, 0.5) is 5.69 Å². The lowest BCUT2D eigenvalue weighted by atomic mass is 10.2. The molecule has 0 heterocycles. The first-order valence-corrected chi connectivity index (χ1v) is 8.80. The molecule has 132 valence electrons. The highest BCUT2D eigenvalue weighted by molar-refractivity contribution is 9.10. The summed E-state index contributed by atoms with van der Waals surface area (Å²) in [4.78, 5) is 23.6. The molecule has 0 aromatic heterocycles. The minimum Gasteiger partial charge on any atom is -0.482 e. The maximum atomic E-state index is 12.0. The van der Waals surface area contributed by atoms with E-state index in [4.69, 9.17) is 32.7 Å². The van der Waals surface area contributed by atoms with Crippen molar-refractivity contribution in [3.63, 3.8) is 0 Å². The maximum absolute atomic E-state index is 12.0. The van der Waals surface area contributed by atoms with Gasteiger partial charge in [0, 0.05) is 4.47 Å². The van der Waals surface area contributed by atoms with Gasteiger partial charge in [0.05, 0.1) is 27.9 Å². The van der Waals surface area contributed by atoms with E-state index in [1.165, 1.54) is 18.2 Å². The molecule has 2 aromatic carbocycles. The Hall–Kier alpha value is -1.76. The Bertz CT molecular complexity index is 798. The van der Waals surface area contributed by atoms with E-state index in [-0.39, 0.29) is 18.2 Å². The predicted molar refractivity (Wildman–Crippen MR) is 101 cm³/mol. The second-order valence-electron chi connectivity index (χ2n) is 4.83. The van der Waals surface area contributed by atoms with Crippen molar-refractivity contribution in [3.05, 3.63) is 56.5 Å². The summed E-state index contributed by atoms with van der Waals surface area (Å²) in [6, 6.07) is 9.55. The molecule has 0 spiro atoms. The third kappa shape index (κ3) is 5.63. The summed E-state index contributed by atoms with van der Waals surface area (Å²) >= 11 is 15.4. The molecule has 0 aliphatic heterocycles. The van der Waals surface area contributed by atoms with Crippen LogP contribution >= 0.6 is 39.1 Å². The fraction of sp³-hybridized carbons (Fsp3) is 0.176. The summed E-state index contributed by atoms with van der Waals surface area (Å²) in [5, 5.41) is 3.22. The molecule has 0 aliphatic carbocycles. The van der Waals surface area contributed by atoms with Gasteiger partial charge in [-0.3, -0.25) is 4.79 Å². The molecule has 0 radical (unpaired) electrons. The Kier molecular flexibility index (Phi) is 7.11. The molecule has 1 amide bonds. The van der Waals surface area contributed by atoms with E-state index in [1.54, 1.807) is 25.1 Å². The number of halogens is 3. The highest BCUT2D eigenvalue weighted by Crippen LogP contribution is 2.28. The molecular weight excluding hydrogens is 433 g/mol. The van der Waals surface area contributed by atoms with Crippen LogP contribution in [-0.4, -0.2) is 25.1 Å². The molecule has 1 N–H and O–H groups in total. The van der Waals surface area contributed by atoms with Gasteiger partial charge in [-0.2, -0.15) is 0 Å². The second-order valence-corrected chi connectivity index (χ2v) is 6.56. The molecule has 25 heavy (non-hydrogen) atoms. The molecule has 8 heteroatoms. The number of rotatable bonds is 6. The maximum Gasteiger partial charge on any atom is 0.338 e. The van der Waals surface area contributed by atoms with Crippen LogP contribution < -0.4 is 10.1 Å². The number of amides is 1. The third-order valence-electron chi connectivity index (χ3n) is 3.01. The van der Waals surface area contributed by atoms with Crippen LogP contribution in [0.15, 0.2) is 40.9 Å². The fourth-order valence-electron chi connectivity index (χ4n) is 1.88. The largest absolute Gasteiger partial charge is 0.482 e. The van der Waals surface area contributed by atoms with Gasteiger partial charge in [0.1, 0.15) is 5.75 Å². The highest BCUT2D eigenvalue weighted by atomic mass is 79.9. The fourth-order valence-corrected chi connectivity index (χ4v) is 2.84. The van der Waals surface area contributed by atoms with Gasteiger partial charge in [-0.25, -0.2) is 4.79 Å². The van der Waals surface area contributed by atoms with E-state index >= 15 is 0 Å². The number of benzene rings is 2. The van der Waals surface area contributed by atoms with Crippen molar-refractivity contribution >= 4 is 56.7 Å². The van der Waals surface area contributed by atoms with Crippen LogP contribution in [0.5, 0.6) is 5.75 Å². The van der Waals surface area contributed by atoms with E-state index in [1.807, 2.05) is 0 Å². The van der Waals surface area contributed by atoms with E-state index in [0.717, 1.165) is 4.47 Å². The zero-order chi connectivity index (χ0) is 18.4. The lowest BCUT2D eigenvalue weighted by Gasteiger charge is -2.11. The highest BCUT2D eigenvalue weighted by Gasteiger charge is 2.12. The molecule has 0 bridgehead atoms. The zero-order valence-electron chi connectivity index (χ0n) is 13.1. The number of carbonyl (C=O) groups excluding carboxylic acids is 2. The first-order chi connectivity index (χ1) is 11.9. The molecule has 0 aliphatic rings. The standard InChI is InChI=1S/C17H14BrCl2NO4/c1-2-24-17(23)10-3-5-14(12(19)7-10)21-16(22)9-25-15-6-4-11(18)8-13(15)20/h3-8H,2,9H2,1H3,(H,21,22). The van der Waals surface area contributed by atoms with E-state index < -0.39 is 11.9 Å². The molecule has 0 unspecified atom stereocenters. The number of nitrogens with one attached hydrogen (secondary N) is 1. The number of ether oxygens (including phenoxy) is 2. The van der Waals surface area contributed by atoms with Crippen LogP contribution in [0, 0.1) is 0 Å². The van der Waals surface area contributed by atoms with Crippen molar-refractivity contribution in [3.8, 4) is 5.75 Å². The molecule has 0 saturated carbocycles. The van der Waals surface area contributed by atoms with Crippen molar-refractivity contribution in [2.24, 2.45) is 0 Å². The minimum atomic E-state index is -0.476. The number of anilines is 1. The van der Waals surface area contributed by atoms with Crippen molar-refractivity contribution in [1.82, 2.24) is 0 Å². The van der Waals surface area contributed by atoms with Gasteiger partial charge < -0.3 is 14.8 Å². The lowest BCUT2D eigenvalue weighted by molar-refractivity contribution is -0.118. The Morgan fingerprint density at radius 3 is 2.52 bits per heavy atom. The Morgan fingerprint density at radius 2 is 1.88 bits per heavy atom.